The molecule has 2 N–H and O–H groups in total. The summed E-state index contributed by atoms with van der Waals surface area (Å²) in [5.74, 6) is 0.888. The van der Waals surface area contributed by atoms with Crippen LogP contribution in [0.3, 0.4) is 0 Å². The van der Waals surface area contributed by atoms with E-state index in [2.05, 4.69) is 23.6 Å². The molecule has 1 aliphatic rings. The van der Waals surface area contributed by atoms with Crippen LogP contribution in [0.5, 0.6) is 5.75 Å². The second kappa shape index (κ2) is 5.76. The zero-order valence-electron chi connectivity index (χ0n) is 11.0. The van der Waals surface area contributed by atoms with Crippen molar-refractivity contribution in [2.75, 3.05) is 13.2 Å². The Morgan fingerprint density at radius 2 is 2.17 bits per heavy atom. The lowest BCUT2D eigenvalue weighted by Crippen LogP contribution is -2.38. The van der Waals surface area contributed by atoms with Crippen molar-refractivity contribution in [2.24, 2.45) is 0 Å². The van der Waals surface area contributed by atoms with E-state index in [0.717, 1.165) is 24.2 Å². The van der Waals surface area contributed by atoms with E-state index in [4.69, 9.17) is 4.74 Å². The van der Waals surface area contributed by atoms with E-state index in [1.165, 1.54) is 5.56 Å². The van der Waals surface area contributed by atoms with Crippen LogP contribution >= 0.6 is 0 Å². The minimum absolute atomic E-state index is 0.0953. The number of urea groups is 1. The molecule has 1 saturated carbocycles. The van der Waals surface area contributed by atoms with Gasteiger partial charge in [-0.25, -0.2) is 4.79 Å². The quantitative estimate of drug-likeness (QED) is 0.784. The molecule has 0 atom stereocenters. The largest absolute Gasteiger partial charge is 0.491 e. The molecular weight excluding hydrogens is 228 g/mol. The number of hydrogen-bond acceptors (Lipinski definition) is 2. The van der Waals surface area contributed by atoms with Crippen LogP contribution in [0.15, 0.2) is 18.2 Å². The average Bonchev–Trinajstić information content (AvgIpc) is 3.13. The predicted molar refractivity (Wildman–Crippen MR) is 71.0 cm³/mol. The molecule has 98 valence electrons. The molecule has 0 unspecified atom stereocenters. The first-order valence-electron chi connectivity index (χ1n) is 6.40. The Kier molecular flexibility index (Phi) is 4.07. The van der Waals surface area contributed by atoms with Crippen LogP contribution < -0.4 is 15.4 Å². The first kappa shape index (κ1) is 12.7. The molecule has 4 nitrogen and oxygen atoms in total. The topological polar surface area (TPSA) is 50.4 Å². The average molecular weight is 248 g/mol. The highest BCUT2D eigenvalue weighted by Gasteiger charge is 2.22. The molecule has 0 aliphatic heterocycles. The summed E-state index contributed by atoms with van der Waals surface area (Å²) in [4.78, 5) is 11.3. The van der Waals surface area contributed by atoms with Gasteiger partial charge in [-0.15, -0.1) is 0 Å². The molecule has 0 saturated heterocycles. The van der Waals surface area contributed by atoms with E-state index in [0.29, 0.717) is 19.2 Å². The SMILES string of the molecule is Cc1cccc(OCCNC(=O)NC2CC2)c1C. The van der Waals surface area contributed by atoms with Crippen molar-refractivity contribution in [3.63, 3.8) is 0 Å². The lowest BCUT2D eigenvalue weighted by Gasteiger charge is -2.11. The van der Waals surface area contributed by atoms with Gasteiger partial charge in [0.1, 0.15) is 12.4 Å². The number of carbonyl (C=O) groups excluding carboxylic acids is 1. The van der Waals surface area contributed by atoms with Crippen LogP contribution in [-0.4, -0.2) is 25.2 Å². The smallest absolute Gasteiger partial charge is 0.315 e. The lowest BCUT2D eigenvalue weighted by molar-refractivity contribution is 0.236. The summed E-state index contributed by atoms with van der Waals surface area (Å²) < 4.78 is 5.65. The van der Waals surface area contributed by atoms with Crippen molar-refractivity contribution < 1.29 is 9.53 Å². The van der Waals surface area contributed by atoms with Gasteiger partial charge in [0.05, 0.1) is 6.54 Å². The lowest BCUT2D eigenvalue weighted by atomic mass is 10.1. The van der Waals surface area contributed by atoms with Crippen LogP contribution in [0.25, 0.3) is 0 Å². The van der Waals surface area contributed by atoms with E-state index in [9.17, 15) is 4.79 Å². The third-order valence-electron chi connectivity index (χ3n) is 3.11. The highest BCUT2D eigenvalue weighted by molar-refractivity contribution is 5.74. The van der Waals surface area contributed by atoms with E-state index in [1.54, 1.807) is 0 Å². The van der Waals surface area contributed by atoms with Crippen LogP contribution in [0.4, 0.5) is 4.79 Å². The number of rotatable bonds is 5. The maximum Gasteiger partial charge on any atom is 0.315 e. The summed E-state index contributed by atoms with van der Waals surface area (Å²) in [5.41, 5.74) is 2.37. The van der Waals surface area contributed by atoms with E-state index < -0.39 is 0 Å². The molecule has 0 bridgehead atoms. The molecule has 2 amide bonds. The second-order valence-electron chi connectivity index (χ2n) is 4.72. The fraction of sp³-hybridized carbons (Fsp3) is 0.500. The Bertz CT molecular complexity index is 428. The number of carbonyl (C=O) groups is 1. The third-order valence-corrected chi connectivity index (χ3v) is 3.11. The van der Waals surface area contributed by atoms with Gasteiger partial charge < -0.3 is 15.4 Å². The van der Waals surface area contributed by atoms with Crippen molar-refractivity contribution in [3.05, 3.63) is 29.3 Å². The molecule has 4 heteroatoms. The van der Waals surface area contributed by atoms with Gasteiger partial charge in [-0.05, 0) is 43.9 Å². The second-order valence-corrected chi connectivity index (χ2v) is 4.72. The van der Waals surface area contributed by atoms with Crippen molar-refractivity contribution in [1.29, 1.82) is 0 Å². The summed E-state index contributed by atoms with van der Waals surface area (Å²) in [6, 6.07) is 6.29. The summed E-state index contributed by atoms with van der Waals surface area (Å²) in [6.07, 6.45) is 2.21. The Morgan fingerprint density at radius 1 is 1.39 bits per heavy atom. The summed E-state index contributed by atoms with van der Waals surface area (Å²) >= 11 is 0. The Hall–Kier alpha value is -1.71. The Morgan fingerprint density at radius 3 is 2.89 bits per heavy atom. The molecule has 0 aromatic heterocycles. The number of nitrogens with one attached hydrogen (secondary N) is 2. The first-order valence-corrected chi connectivity index (χ1v) is 6.40. The fourth-order valence-electron chi connectivity index (χ4n) is 1.67. The van der Waals surface area contributed by atoms with Crippen LogP contribution in [0.1, 0.15) is 24.0 Å². The molecule has 0 radical (unpaired) electrons. The van der Waals surface area contributed by atoms with Crippen LogP contribution in [0.2, 0.25) is 0 Å². The fourth-order valence-corrected chi connectivity index (χ4v) is 1.67. The zero-order chi connectivity index (χ0) is 13.0. The van der Waals surface area contributed by atoms with Crippen molar-refractivity contribution >= 4 is 6.03 Å². The minimum Gasteiger partial charge on any atom is -0.491 e. The van der Waals surface area contributed by atoms with Gasteiger partial charge in [0.2, 0.25) is 0 Å². The Balaban J connectivity index is 1.68. The van der Waals surface area contributed by atoms with E-state index in [-0.39, 0.29) is 6.03 Å². The Labute approximate surface area is 108 Å². The monoisotopic (exact) mass is 248 g/mol. The number of hydrogen-bond donors (Lipinski definition) is 2. The highest BCUT2D eigenvalue weighted by atomic mass is 16.5. The van der Waals surface area contributed by atoms with Gasteiger partial charge in [0.15, 0.2) is 0 Å². The standard InChI is InChI=1S/C14H20N2O2/c1-10-4-3-5-13(11(10)2)18-9-8-15-14(17)16-12-6-7-12/h3-5,12H,6-9H2,1-2H3,(H2,15,16,17). The van der Waals surface area contributed by atoms with Crippen molar-refractivity contribution in [1.82, 2.24) is 10.6 Å². The summed E-state index contributed by atoms with van der Waals surface area (Å²) in [5, 5.41) is 5.65. The third kappa shape index (κ3) is 3.65. The highest BCUT2D eigenvalue weighted by Crippen LogP contribution is 2.20. The van der Waals surface area contributed by atoms with Crippen molar-refractivity contribution in [2.45, 2.75) is 32.7 Å². The van der Waals surface area contributed by atoms with Gasteiger partial charge in [-0.1, -0.05) is 12.1 Å². The van der Waals surface area contributed by atoms with Crippen LogP contribution in [0, 0.1) is 13.8 Å². The molecule has 18 heavy (non-hydrogen) atoms. The first-order chi connectivity index (χ1) is 8.66. The van der Waals surface area contributed by atoms with Crippen LogP contribution in [-0.2, 0) is 0 Å². The maximum atomic E-state index is 11.3. The predicted octanol–water partition coefficient (Wildman–Crippen LogP) is 2.14. The number of benzene rings is 1. The molecule has 0 heterocycles. The van der Waals surface area contributed by atoms with Gasteiger partial charge in [-0.2, -0.15) is 0 Å². The molecule has 1 aliphatic carbocycles. The van der Waals surface area contributed by atoms with E-state index >= 15 is 0 Å². The molecule has 1 aromatic rings. The number of ether oxygens (including phenoxy) is 1. The molecule has 2 rings (SSSR count). The molecule has 1 fully saturated rings. The minimum atomic E-state index is -0.0953. The zero-order valence-corrected chi connectivity index (χ0v) is 11.0. The van der Waals surface area contributed by atoms with Gasteiger partial charge >= 0.3 is 6.03 Å². The van der Waals surface area contributed by atoms with Gasteiger partial charge in [0.25, 0.3) is 0 Å². The van der Waals surface area contributed by atoms with E-state index in [1.807, 2.05) is 19.1 Å². The summed E-state index contributed by atoms with van der Waals surface area (Å²) in [6.45, 7) is 5.11. The maximum absolute atomic E-state index is 11.3. The molecule has 0 spiro atoms. The number of amides is 2. The molecular formula is C14H20N2O2. The summed E-state index contributed by atoms with van der Waals surface area (Å²) in [7, 11) is 0. The van der Waals surface area contributed by atoms with Gasteiger partial charge in [-0.3, -0.25) is 0 Å². The normalized spacial score (nSPS) is 14.1. The van der Waals surface area contributed by atoms with Crippen molar-refractivity contribution in [3.8, 4) is 5.75 Å². The van der Waals surface area contributed by atoms with Gasteiger partial charge in [0, 0.05) is 6.04 Å². The molecule has 1 aromatic carbocycles. The number of aryl methyl sites for hydroxylation is 1.